The minimum absolute atomic E-state index is 0.00285. The Morgan fingerprint density at radius 1 is 1.15 bits per heavy atom. The molecule has 0 saturated carbocycles. The van der Waals surface area contributed by atoms with E-state index < -0.39 is 0 Å². The van der Waals surface area contributed by atoms with Crippen molar-refractivity contribution in [3.8, 4) is 0 Å². The number of amides is 2. The van der Waals surface area contributed by atoms with E-state index in [4.69, 9.17) is 0 Å². The molecule has 0 bridgehead atoms. The summed E-state index contributed by atoms with van der Waals surface area (Å²) in [5.41, 5.74) is 4.53. The van der Waals surface area contributed by atoms with Crippen LogP contribution in [0.3, 0.4) is 0 Å². The zero-order chi connectivity index (χ0) is 19.6. The van der Waals surface area contributed by atoms with Gasteiger partial charge in [-0.2, -0.15) is 5.10 Å². The number of piperidine rings is 1. The molecule has 0 unspecified atom stereocenters. The third kappa shape index (κ3) is 4.90. The van der Waals surface area contributed by atoms with Crippen molar-refractivity contribution in [2.45, 2.75) is 59.4 Å². The topological polar surface area (TPSA) is 50.2 Å². The zero-order valence-corrected chi connectivity index (χ0v) is 17.2. The van der Waals surface area contributed by atoms with E-state index in [0.29, 0.717) is 5.92 Å². The lowest BCUT2D eigenvalue weighted by Crippen LogP contribution is -2.41. The number of anilines is 1. The lowest BCUT2D eigenvalue weighted by atomic mass is 9.87. The second kappa shape index (κ2) is 7.75. The molecule has 5 nitrogen and oxygen atoms in total. The third-order valence-corrected chi connectivity index (χ3v) is 5.44. The number of hydrogen-bond acceptors (Lipinski definition) is 2. The fourth-order valence-corrected chi connectivity index (χ4v) is 3.68. The van der Waals surface area contributed by atoms with E-state index in [1.807, 2.05) is 24.0 Å². The van der Waals surface area contributed by atoms with Gasteiger partial charge in [0.2, 0.25) is 0 Å². The molecule has 0 aliphatic carbocycles. The van der Waals surface area contributed by atoms with Crippen LogP contribution in [0.2, 0.25) is 0 Å². The molecular formula is C22H32N4O. The van der Waals surface area contributed by atoms with E-state index in [-0.39, 0.29) is 11.4 Å². The highest BCUT2D eigenvalue weighted by Crippen LogP contribution is 2.24. The molecule has 146 valence electrons. The van der Waals surface area contributed by atoms with Gasteiger partial charge < -0.3 is 10.2 Å². The van der Waals surface area contributed by atoms with Gasteiger partial charge in [-0.05, 0) is 61.8 Å². The Morgan fingerprint density at radius 3 is 2.30 bits per heavy atom. The Labute approximate surface area is 162 Å². The quantitative estimate of drug-likeness (QED) is 0.850. The summed E-state index contributed by atoms with van der Waals surface area (Å²) in [6.45, 7) is 13.3. The molecule has 1 aliphatic heterocycles. The number of aromatic nitrogens is 2. The summed E-state index contributed by atoms with van der Waals surface area (Å²) in [7, 11) is 0. The van der Waals surface area contributed by atoms with Crippen LogP contribution in [0.5, 0.6) is 0 Å². The van der Waals surface area contributed by atoms with Gasteiger partial charge in [-0.1, -0.05) is 32.9 Å². The van der Waals surface area contributed by atoms with Crippen molar-refractivity contribution in [3.05, 3.63) is 47.3 Å². The number of carbonyl (C=O) groups excluding carboxylic acids is 1. The molecule has 27 heavy (non-hydrogen) atoms. The Hall–Kier alpha value is -2.30. The molecule has 0 spiro atoms. The van der Waals surface area contributed by atoms with Crippen LogP contribution in [-0.4, -0.2) is 33.8 Å². The maximum atomic E-state index is 12.6. The van der Waals surface area contributed by atoms with Crippen molar-refractivity contribution in [2.24, 2.45) is 5.92 Å². The maximum Gasteiger partial charge on any atom is 0.321 e. The van der Waals surface area contributed by atoms with Gasteiger partial charge in [-0.3, -0.25) is 4.68 Å². The Balaban J connectivity index is 1.50. The van der Waals surface area contributed by atoms with Gasteiger partial charge in [-0.15, -0.1) is 0 Å². The van der Waals surface area contributed by atoms with Crippen molar-refractivity contribution in [1.82, 2.24) is 14.7 Å². The molecule has 1 aromatic carbocycles. The number of urea groups is 1. The molecular weight excluding hydrogens is 336 g/mol. The molecule has 1 aliphatic rings. The van der Waals surface area contributed by atoms with E-state index in [1.54, 1.807) is 0 Å². The Morgan fingerprint density at radius 2 is 1.78 bits per heavy atom. The predicted octanol–water partition coefficient (Wildman–Crippen LogP) is 4.74. The molecule has 5 heteroatoms. The highest BCUT2D eigenvalue weighted by Gasteiger charge is 2.24. The molecule has 2 amide bonds. The molecule has 0 radical (unpaired) electrons. The van der Waals surface area contributed by atoms with Gasteiger partial charge in [0.05, 0.1) is 5.69 Å². The molecule has 2 aromatic rings. The van der Waals surface area contributed by atoms with Crippen LogP contribution in [0.1, 0.15) is 50.6 Å². The van der Waals surface area contributed by atoms with Gasteiger partial charge >= 0.3 is 6.03 Å². The Bertz CT molecular complexity index is 778. The van der Waals surface area contributed by atoms with Crippen molar-refractivity contribution < 1.29 is 4.79 Å². The van der Waals surface area contributed by atoms with E-state index in [9.17, 15) is 4.79 Å². The normalized spacial score (nSPS) is 15.8. The number of carbonyl (C=O) groups is 1. The number of nitrogens with zero attached hydrogens (tertiary/aromatic N) is 3. The van der Waals surface area contributed by atoms with Crippen LogP contribution in [0.15, 0.2) is 30.3 Å². The number of likely N-dealkylation sites (tertiary alicyclic amines) is 1. The van der Waals surface area contributed by atoms with E-state index in [0.717, 1.165) is 43.9 Å². The smallest absolute Gasteiger partial charge is 0.321 e. The van der Waals surface area contributed by atoms with Crippen molar-refractivity contribution in [3.63, 3.8) is 0 Å². The summed E-state index contributed by atoms with van der Waals surface area (Å²) in [6, 6.07) is 10.3. The number of aryl methyl sites for hydroxylation is 2. The van der Waals surface area contributed by atoms with Gasteiger partial charge in [-0.25, -0.2) is 4.79 Å². The standard InChI is InChI=1S/C22H32N4O/c1-16-14-17(2)26(24-16)15-18-10-12-25(13-11-18)21(27)23-20-8-6-19(7-9-20)22(3,4)5/h6-9,14,18H,10-13,15H2,1-5H3,(H,23,27). The van der Waals surface area contributed by atoms with Crippen molar-refractivity contribution in [2.75, 3.05) is 18.4 Å². The first-order chi connectivity index (χ1) is 12.7. The number of rotatable bonds is 3. The second-order valence-electron chi connectivity index (χ2n) is 8.80. The summed E-state index contributed by atoms with van der Waals surface area (Å²) >= 11 is 0. The van der Waals surface area contributed by atoms with E-state index >= 15 is 0 Å². The second-order valence-corrected chi connectivity index (χ2v) is 8.80. The number of benzene rings is 1. The Kier molecular flexibility index (Phi) is 5.59. The van der Waals surface area contributed by atoms with Gasteiger partial charge in [0.15, 0.2) is 0 Å². The third-order valence-electron chi connectivity index (χ3n) is 5.44. The molecule has 1 saturated heterocycles. The zero-order valence-electron chi connectivity index (χ0n) is 17.2. The van der Waals surface area contributed by atoms with Crippen molar-refractivity contribution >= 4 is 11.7 Å². The highest BCUT2D eigenvalue weighted by atomic mass is 16.2. The number of nitrogens with one attached hydrogen (secondary N) is 1. The lowest BCUT2D eigenvalue weighted by molar-refractivity contribution is 0.175. The SMILES string of the molecule is Cc1cc(C)n(CC2CCN(C(=O)Nc3ccc(C(C)(C)C)cc3)CC2)n1. The summed E-state index contributed by atoms with van der Waals surface area (Å²) in [6.07, 6.45) is 2.05. The first-order valence-corrected chi connectivity index (χ1v) is 9.90. The monoisotopic (exact) mass is 368 g/mol. The molecule has 3 rings (SSSR count). The molecule has 1 aromatic heterocycles. The maximum absolute atomic E-state index is 12.6. The summed E-state index contributed by atoms with van der Waals surface area (Å²) < 4.78 is 2.10. The number of hydrogen-bond donors (Lipinski definition) is 1. The first-order valence-electron chi connectivity index (χ1n) is 9.90. The van der Waals surface area contributed by atoms with Crippen LogP contribution in [0, 0.1) is 19.8 Å². The van der Waals surface area contributed by atoms with Crippen LogP contribution in [0.25, 0.3) is 0 Å². The fourth-order valence-electron chi connectivity index (χ4n) is 3.68. The van der Waals surface area contributed by atoms with Gasteiger partial charge in [0.25, 0.3) is 0 Å². The van der Waals surface area contributed by atoms with Crippen LogP contribution in [0.4, 0.5) is 10.5 Å². The van der Waals surface area contributed by atoms with Crippen molar-refractivity contribution in [1.29, 1.82) is 0 Å². The molecule has 1 N–H and O–H groups in total. The first kappa shape index (κ1) is 19.5. The van der Waals surface area contributed by atoms with Crippen LogP contribution in [-0.2, 0) is 12.0 Å². The lowest BCUT2D eigenvalue weighted by Gasteiger charge is -2.32. The minimum Gasteiger partial charge on any atom is -0.325 e. The van der Waals surface area contributed by atoms with Gasteiger partial charge in [0, 0.05) is 31.0 Å². The molecule has 0 atom stereocenters. The fraction of sp³-hybridized carbons (Fsp3) is 0.545. The minimum atomic E-state index is 0.00285. The summed E-state index contributed by atoms with van der Waals surface area (Å²) in [4.78, 5) is 14.5. The summed E-state index contributed by atoms with van der Waals surface area (Å²) in [5.74, 6) is 0.582. The molecule has 2 heterocycles. The average molecular weight is 369 g/mol. The average Bonchev–Trinajstić information content (AvgIpc) is 2.92. The van der Waals surface area contributed by atoms with E-state index in [2.05, 4.69) is 61.0 Å². The summed E-state index contributed by atoms with van der Waals surface area (Å²) in [5, 5.41) is 7.60. The van der Waals surface area contributed by atoms with Crippen LogP contribution >= 0.6 is 0 Å². The predicted molar refractivity (Wildman–Crippen MR) is 110 cm³/mol. The highest BCUT2D eigenvalue weighted by molar-refractivity contribution is 5.89. The van der Waals surface area contributed by atoms with Crippen LogP contribution < -0.4 is 5.32 Å². The van der Waals surface area contributed by atoms with E-state index in [1.165, 1.54) is 11.3 Å². The molecule has 1 fully saturated rings. The van der Waals surface area contributed by atoms with Gasteiger partial charge in [0.1, 0.15) is 0 Å². The largest absolute Gasteiger partial charge is 0.325 e.